The first-order valence-corrected chi connectivity index (χ1v) is 15.2. The Hall–Kier alpha value is -3.17. The van der Waals surface area contributed by atoms with Gasteiger partial charge in [0.25, 0.3) is 0 Å². The molecule has 2 aliphatic heterocycles. The van der Waals surface area contributed by atoms with Gasteiger partial charge in [-0.15, -0.1) is 0 Å². The van der Waals surface area contributed by atoms with Gasteiger partial charge in [-0.1, -0.05) is 36.4 Å². The van der Waals surface area contributed by atoms with Crippen LogP contribution in [0.2, 0.25) is 0 Å². The van der Waals surface area contributed by atoms with E-state index in [-0.39, 0.29) is 58.0 Å². The van der Waals surface area contributed by atoms with Gasteiger partial charge in [-0.2, -0.15) is 0 Å². The molecule has 43 heavy (non-hydrogen) atoms. The fraction of sp³-hybridized carbons (Fsp3) is 0.559. The highest BCUT2D eigenvalue weighted by atomic mass is 19.1. The molecule has 0 spiro atoms. The van der Waals surface area contributed by atoms with Crippen molar-refractivity contribution in [3.05, 3.63) is 64.7 Å². The predicted molar refractivity (Wildman–Crippen MR) is 162 cm³/mol. The molecule has 1 saturated heterocycles. The van der Waals surface area contributed by atoms with Crippen LogP contribution in [0, 0.1) is 0 Å². The topological polar surface area (TPSA) is 60.5 Å². The maximum absolute atomic E-state index is 15.6. The third kappa shape index (κ3) is 6.83. The Morgan fingerprint density at radius 1 is 1.14 bits per heavy atom. The maximum atomic E-state index is 15.6. The summed E-state index contributed by atoms with van der Waals surface area (Å²) in [5.74, 6) is 1.12. The number of halogens is 2. The number of nitrogens with zero attached hydrogens (tertiary/aromatic N) is 2. The molecule has 0 unspecified atom stereocenters. The second-order valence-electron chi connectivity index (χ2n) is 12.8. The summed E-state index contributed by atoms with van der Waals surface area (Å²) in [6.45, 7) is 8.12. The summed E-state index contributed by atoms with van der Waals surface area (Å²) in [4.78, 5) is 16.5. The van der Waals surface area contributed by atoms with Crippen molar-refractivity contribution in [1.82, 2.24) is 9.80 Å². The molecule has 5 rings (SSSR count). The van der Waals surface area contributed by atoms with Crippen molar-refractivity contribution in [3.8, 4) is 11.5 Å². The molecule has 0 saturated carbocycles. The first-order chi connectivity index (χ1) is 20.5. The highest BCUT2D eigenvalue weighted by Gasteiger charge is 2.47. The molecule has 1 aliphatic carbocycles. The lowest BCUT2D eigenvalue weighted by Crippen LogP contribution is -2.57. The molecular weight excluding hydrogens is 554 g/mol. The fourth-order valence-corrected chi connectivity index (χ4v) is 6.40. The Kier molecular flexibility index (Phi) is 9.32. The molecule has 1 fully saturated rings. The lowest BCUT2D eigenvalue weighted by atomic mass is 9.83. The Labute approximate surface area is 253 Å². The van der Waals surface area contributed by atoms with Crippen molar-refractivity contribution >= 4 is 11.7 Å². The van der Waals surface area contributed by atoms with E-state index in [1.54, 1.807) is 27.9 Å². The summed E-state index contributed by atoms with van der Waals surface area (Å²) < 4.78 is 51.6. The fourth-order valence-electron chi connectivity index (χ4n) is 6.40. The number of methoxy groups -OCH3 is 1. The molecule has 2 heterocycles. The summed E-state index contributed by atoms with van der Waals surface area (Å²) in [7, 11) is 1.62. The Morgan fingerprint density at radius 2 is 1.91 bits per heavy atom. The molecule has 9 heteroatoms. The van der Waals surface area contributed by atoms with Crippen LogP contribution in [0.4, 0.5) is 13.6 Å². The van der Waals surface area contributed by atoms with E-state index in [1.165, 1.54) is 27.2 Å². The summed E-state index contributed by atoms with van der Waals surface area (Å²) in [5, 5.41) is 0. The highest BCUT2D eigenvalue weighted by molar-refractivity contribution is 5.79. The van der Waals surface area contributed by atoms with Crippen LogP contribution >= 0.6 is 0 Å². The minimum Gasteiger partial charge on any atom is -0.492 e. The third-order valence-electron chi connectivity index (χ3n) is 8.37. The van der Waals surface area contributed by atoms with Crippen LogP contribution in [0.25, 0.3) is 5.57 Å². The third-order valence-corrected chi connectivity index (χ3v) is 8.37. The molecule has 2 aromatic carbocycles. The largest absolute Gasteiger partial charge is 0.492 e. The van der Waals surface area contributed by atoms with Crippen molar-refractivity contribution in [2.45, 2.75) is 70.3 Å². The van der Waals surface area contributed by atoms with Gasteiger partial charge in [0.2, 0.25) is 0 Å². The molecule has 2 aromatic rings. The quantitative estimate of drug-likeness (QED) is 0.292. The number of fused-ring (bicyclic) bond motifs is 2. The van der Waals surface area contributed by atoms with Crippen LogP contribution in [-0.2, 0) is 15.9 Å². The molecule has 7 nitrogen and oxygen atoms in total. The van der Waals surface area contributed by atoms with Crippen LogP contribution in [0.3, 0.4) is 0 Å². The van der Waals surface area contributed by atoms with Crippen molar-refractivity contribution < 1.29 is 32.5 Å². The second-order valence-corrected chi connectivity index (χ2v) is 12.8. The number of rotatable bonds is 11. The predicted octanol–water partition coefficient (Wildman–Crippen LogP) is 6.55. The van der Waals surface area contributed by atoms with Crippen molar-refractivity contribution in [3.63, 3.8) is 0 Å². The van der Waals surface area contributed by atoms with Gasteiger partial charge in [0.15, 0.2) is 17.2 Å². The van der Waals surface area contributed by atoms with Gasteiger partial charge in [0.1, 0.15) is 12.2 Å². The van der Waals surface area contributed by atoms with Gasteiger partial charge in [-0.05, 0) is 75.3 Å². The summed E-state index contributed by atoms with van der Waals surface area (Å²) in [6.07, 6.45) is 1.35. The van der Waals surface area contributed by atoms with Gasteiger partial charge in [0.05, 0.1) is 39.6 Å². The smallest absolute Gasteiger partial charge is 0.410 e. The number of ether oxygens (including phenoxy) is 4. The Morgan fingerprint density at radius 3 is 2.58 bits per heavy atom. The molecule has 0 bridgehead atoms. The monoisotopic (exact) mass is 598 g/mol. The van der Waals surface area contributed by atoms with E-state index in [2.05, 4.69) is 36.1 Å². The van der Waals surface area contributed by atoms with Gasteiger partial charge >= 0.3 is 6.09 Å². The number of alkyl halides is 2. The zero-order valence-corrected chi connectivity index (χ0v) is 26.0. The Bertz CT molecular complexity index is 1340. The van der Waals surface area contributed by atoms with E-state index < -0.39 is 24.0 Å². The maximum Gasteiger partial charge on any atom is 0.410 e. The second kappa shape index (κ2) is 12.8. The number of carbonyl (C=O) groups excluding carboxylic acids is 1. The number of carbonyl (C=O) groups is 1. The molecular formula is C34H44F2N2O5. The summed E-state index contributed by atoms with van der Waals surface area (Å²) >= 11 is 0. The number of hydrogen-bond acceptors (Lipinski definition) is 6. The molecule has 1 amide bonds. The first-order valence-electron chi connectivity index (χ1n) is 15.2. The Balaban J connectivity index is 1.43. The van der Waals surface area contributed by atoms with E-state index in [9.17, 15) is 9.18 Å². The van der Waals surface area contributed by atoms with Gasteiger partial charge in [0, 0.05) is 24.7 Å². The van der Waals surface area contributed by atoms with Crippen molar-refractivity contribution in [2.75, 3.05) is 53.2 Å². The highest BCUT2D eigenvalue weighted by Crippen LogP contribution is 2.52. The normalized spacial score (nSPS) is 21.1. The summed E-state index contributed by atoms with van der Waals surface area (Å²) in [5.41, 5.74) is 4.02. The average molecular weight is 599 g/mol. The van der Waals surface area contributed by atoms with Crippen LogP contribution in [0.5, 0.6) is 11.5 Å². The van der Waals surface area contributed by atoms with Crippen LogP contribution < -0.4 is 9.47 Å². The van der Waals surface area contributed by atoms with Crippen LogP contribution in [0.1, 0.15) is 63.3 Å². The zero-order valence-electron chi connectivity index (χ0n) is 26.0. The van der Waals surface area contributed by atoms with Crippen molar-refractivity contribution in [2.24, 2.45) is 0 Å². The molecule has 234 valence electrons. The molecule has 0 aromatic heterocycles. The number of hydrogen-bond donors (Lipinski definition) is 0. The summed E-state index contributed by atoms with van der Waals surface area (Å²) in [6, 6.07) is 14.2. The number of amides is 1. The van der Waals surface area contributed by atoms with Crippen molar-refractivity contribution in [1.29, 1.82) is 0 Å². The lowest BCUT2D eigenvalue weighted by molar-refractivity contribution is -0.147. The average Bonchev–Trinajstić information content (AvgIpc) is 3.31. The zero-order chi connectivity index (χ0) is 30.8. The van der Waals surface area contributed by atoms with E-state index in [1.807, 2.05) is 18.2 Å². The lowest BCUT2D eigenvalue weighted by Gasteiger charge is -2.47. The van der Waals surface area contributed by atoms with E-state index in [0.717, 1.165) is 18.4 Å². The minimum atomic E-state index is -1.39. The van der Waals surface area contributed by atoms with E-state index in [0.29, 0.717) is 11.5 Å². The van der Waals surface area contributed by atoms with Crippen LogP contribution in [0.15, 0.2) is 48.0 Å². The number of para-hydroxylation sites is 1. The SMILES string of the molecule is COc1c(OCCN(CCCF)C(=O)OC(C)(C)C)cccc1[C@@H]1C2=C(C[C@@H](C)N1CC1(F)COC1)c1ccccc1C2. The minimum absolute atomic E-state index is 0.0929. The molecule has 0 radical (unpaired) electrons. The van der Waals surface area contributed by atoms with Gasteiger partial charge < -0.3 is 23.8 Å². The van der Waals surface area contributed by atoms with Gasteiger partial charge in [-0.25, -0.2) is 9.18 Å². The van der Waals surface area contributed by atoms with E-state index in [4.69, 9.17) is 18.9 Å². The van der Waals surface area contributed by atoms with Gasteiger partial charge in [-0.3, -0.25) is 9.29 Å². The van der Waals surface area contributed by atoms with E-state index >= 15 is 4.39 Å². The molecule has 2 atom stereocenters. The molecule has 0 N–H and O–H groups in total. The molecule has 3 aliphatic rings. The first kappa shape index (κ1) is 31.3. The standard InChI is InChI=1S/C34H44F2N2O5/c1-23-18-27-25-11-7-6-10-24(25)19-28(27)30(38(23)20-34(36)21-41-22-34)26-12-8-13-29(31(26)40-5)42-17-16-37(15-9-14-35)32(39)43-33(2,3)4/h6-8,10-13,23,30H,9,14-22H2,1-5H3/t23-,30-/m1/s1. The number of benzene rings is 2. The van der Waals surface area contributed by atoms with Crippen LogP contribution in [-0.4, -0.2) is 86.4 Å².